The summed E-state index contributed by atoms with van der Waals surface area (Å²) in [7, 11) is 3.85. The number of carbonyl (C=O) groups is 2. The van der Waals surface area contributed by atoms with Crippen LogP contribution in [-0.4, -0.2) is 33.4 Å². The minimum absolute atomic E-state index is 0.379. The Hall–Kier alpha value is -5.12. The molecule has 0 fully saturated rings. The van der Waals surface area contributed by atoms with E-state index in [0.29, 0.717) is 11.1 Å². The van der Waals surface area contributed by atoms with Crippen LogP contribution >= 0.6 is 0 Å². The number of rotatable bonds is 6. The number of hydrogen-bond acceptors (Lipinski definition) is 4. The number of amides is 2. The molecule has 0 radical (unpaired) electrons. The first kappa shape index (κ1) is 22.7. The Morgan fingerprint density at radius 1 is 0.694 bits per heavy atom. The van der Waals surface area contributed by atoms with Gasteiger partial charge in [-0.1, -0.05) is 12.1 Å². The standard InChI is InChI=1S/C26H22N8O2/c1-31-21(17-33-13-5-3-7-23(31)33)15-27-29-25(35)19-9-11-20(12-10-19)26(36)30-28-16-22-18-34-14-6-4-8-24(34)32(22)2/h3-18H,1-2H3/p+2/b27-15+,28-16+. The summed E-state index contributed by atoms with van der Waals surface area (Å²) in [5.74, 6) is -0.758. The van der Waals surface area contributed by atoms with Crippen LogP contribution in [0.2, 0.25) is 0 Å². The Kier molecular flexibility index (Phi) is 6.06. The van der Waals surface area contributed by atoms with Crippen LogP contribution in [0, 0.1) is 0 Å². The molecule has 2 N–H and O–H groups in total. The minimum atomic E-state index is -0.379. The van der Waals surface area contributed by atoms with E-state index < -0.39 is 0 Å². The molecule has 5 rings (SSSR count). The number of nitrogens with zero attached hydrogens (tertiary/aromatic N) is 6. The lowest BCUT2D eigenvalue weighted by Crippen LogP contribution is -2.20. The van der Waals surface area contributed by atoms with E-state index in [1.807, 2.05) is 93.2 Å². The van der Waals surface area contributed by atoms with Crippen molar-refractivity contribution in [2.75, 3.05) is 0 Å². The van der Waals surface area contributed by atoms with Crippen LogP contribution in [0.1, 0.15) is 32.1 Å². The number of hydrazone groups is 2. The number of aromatic nitrogens is 4. The van der Waals surface area contributed by atoms with Crippen LogP contribution < -0.4 is 19.7 Å². The van der Waals surface area contributed by atoms with Gasteiger partial charge < -0.3 is 0 Å². The second-order valence-electron chi connectivity index (χ2n) is 8.13. The molecule has 0 atom stereocenters. The predicted molar refractivity (Wildman–Crippen MR) is 134 cm³/mol. The van der Waals surface area contributed by atoms with E-state index in [2.05, 4.69) is 21.1 Å². The molecule has 0 saturated carbocycles. The van der Waals surface area contributed by atoms with Crippen molar-refractivity contribution < 1.29 is 18.4 Å². The SMILES string of the molecule is Cn1c(/C=N/NC(=O)c2ccc(C(=O)N/N=C/c3c[n+]4ccccc4n3C)cc2)c[n+]2ccccc12. The number of nitrogens with one attached hydrogen (secondary N) is 2. The number of aryl methyl sites for hydroxylation is 2. The summed E-state index contributed by atoms with van der Waals surface area (Å²) in [6.07, 6.45) is 10.9. The van der Waals surface area contributed by atoms with Crippen LogP contribution in [0.25, 0.3) is 11.3 Å². The van der Waals surface area contributed by atoms with E-state index in [-0.39, 0.29) is 11.8 Å². The number of pyridine rings is 2. The van der Waals surface area contributed by atoms with Crippen molar-refractivity contribution in [3.8, 4) is 0 Å². The third-order valence-corrected chi connectivity index (χ3v) is 5.87. The molecule has 10 nitrogen and oxygen atoms in total. The maximum Gasteiger partial charge on any atom is 0.286 e. The second kappa shape index (κ2) is 9.63. The molecule has 0 unspecified atom stereocenters. The number of carbonyl (C=O) groups excluding carboxylic acids is 2. The van der Waals surface area contributed by atoms with Crippen molar-refractivity contribution in [3.63, 3.8) is 0 Å². The van der Waals surface area contributed by atoms with E-state index in [9.17, 15) is 9.59 Å². The van der Waals surface area contributed by atoms with Crippen molar-refractivity contribution in [1.29, 1.82) is 0 Å². The quantitative estimate of drug-likeness (QED) is 0.218. The number of benzene rings is 1. The molecule has 10 heteroatoms. The highest BCUT2D eigenvalue weighted by atomic mass is 16.2. The highest BCUT2D eigenvalue weighted by Crippen LogP contribution is 2.06. The molecule has 2 amide bonds. The largest absolute Gasteiger partial charge is 0.286 e. The summed E-state index contributed by atoms with van der Waals surface area (Å²) in [6, 6.07) is 18.0. The first-order valence-corrected chi connectivity index (χ1v) is 11.2. The van der Waals surface area contributed by atoms with Gasteiger partial charge in [0.25, 0.3) is 23.1 Å². The first-order chi connectivity index (χ1) is 17.5. The van der Waals surface area contributed by atoms with Gasteiger partial charge in [0.1, 0.15) is 12.4 Å². The molecule has 1 aromatic carbocycles. The molecule has 5 aromatic rings. The number of hydrogen-bond donors (Lipinski definition) is 2. The van der Waals surface area contributed by atoms with Gasteiger partial charge in [0.15, 0.2) is 11.4 Å². The molecule has 0 spiro atoms. The molecular weight excluding hydrogens is 456 g/mol. The predicted octanol–water partition coefficient (Wildman–Crippen LogP) is 1.37. The Balaban J connectivity index is 1.18. The minimum Gasteiger partial charge on any atom is -0.267 e. The van der Waals surface area contributed by atoms with Gasteiger partial charge in [0.2, 0.25) is 0 Å². The second-order valence-corrected chi connectivity index (χ2v) is 8.13. The highest BCUT2D eigenvalue weighted by molar-refractivity contribution is 5.98. The third kappa shape index (κ3) is 4.47. The van der Waals surface area contributed by atoms with Crippen molar-refractivity contribution in [3.05, 3.63) is 108 Å². The molecule has 0 aliphatic rings. The van der Waals surface area contributed by atoms with Gasteiger partial charge in [-0.15, -0.1) is 0 Å². The Labute approximate surface area is 206 Å². The van der Waals surface area contributed by atoms with Crippen LogP contribution in [0.15, 0.2) is 95.7 Å². The number of fused-ring (bicyclic) bond motifs is 2. The molecule has 4 aromatic heterocycles. The maximum atomic E-state index is 12.4. The monoisotopic (exact) mass is 480 g/mol. The van der Waals surface area contributed by atoms with Crippen LogP contribution in [-0.2, 0) is 14.1 Å². The summed E-state index contributed by atoms with van der Waals surface area (Å²) >= 11 is 0. The van der Waals surface area contributed by atoms with E-state index in [4.69, 9.17) is 0 Å². The van der Waals surface area contributed by atoms with Crippen LogP contribution in [0.5, 0.6) is 0 Å². The fourth-order valence-electron chi connectivity index (χ4n) is 3.86. The van der Waals surface area contributed by atoms with Crippen molar-refractivity contribution in [2.24, 2.45) is 24.3 Å². The lowest BCUT2D eigenvalue weighted by molar-refractivity contribution is -0.510. The topological polar surface area (TPSA) is 101 Å². The summed E-state index contributed by atoms with van der Waals surface area (Å²) < 4.78 is 7.87. The molecule has 0 aliphatic heterocycles. The highest BCUT2D eigenvalue weighted by Gasteiger charge is 2.13. The van der Waals surface area contributed by atoms with Gasteiger partial charge >= 0.3 is 0 Å². The molecule has 0 saturated heterocycles. The van der Waals surface area contributed by atoms with Crippen molar-refractivity contribution in [2.45, 2.75) is 0 Å². The smallest absolute Gasteiger partial charge is 0.267 e. The lowest BCUT2D eigenvalue weighted by Gasteiger charge is -2.02. The zero-order valence-electron chi connectivity index (χ0n) is 19.7. The van der Waals surface area contributed by atoms with Crippen LogP contribution in [0.4, 0.5) is 0 Å². The van der Waals surface area contributed by atoms with E-state index in [0.717, 1.165) is 22.7 Å². The average molecular weight is 481 g/mol. The fourth-order valence-corrected chi connectivity index (χ4v) is 3.86. The Morgan fingerprint density at radius 3 is 1.50 bits per heavy atom. The van der Waals surface area contributed by atoms with Crippen molar-refractivity contribution >= 4 is 35.5 Å². The normalized spacial score (nSPS) is 11.6. The lowest BCUT2D eigenvalue weighted by atomic mass is 10.1. The zero-order valence-corrected chi connectivity index (χ0v) is 19.7. The van der Waals surface area contributed by atoms with Gasteiger partial charge in [0.05, 0.1) is 38.9 Å². The summed E-state index contributed by atoms with van der Waals surface area (Å²) in [5.41, 5.74) is 9.45. The number of imidazole rings is 2. The molecule has 0 aliphatic carbocycles. The maximum absolute atomic E-state index is 12.4. The van der Waals surface area contributed by atoms with E-state index >= 15 is 0 Å². The summed E-state index contributed by atoms with van der Waals surface area (Å²) in [4.78, 5) is 24.9. The fraction of sp³-hybridized carbons (Fsp3) is 0.0769. The van der Waals surface area contributed by atoms with Gasteiger partial charge in [0, 0.05) is 23.3 Å². The van der Waals surface area contributed by atoms with E-state index in [1.54, 1.807) is 36.7 Å². The zero-order chi connectivity index (χ0) is 25.1. The van der Waals surface area contributed by atoms with Crippen LogP contribution in [0.3, 0.4) is 0 Å². The molecular formula is C26H24N8O2+2. The van der Waals surface area contributed by atoms with Gasteiger partial charge in [-0.3, -0.25) is 9.59 Å². The first-order valence-electron chi connectivity index (χ1n) is 11.2. The molecule has 178 valence electrons. The molecule has 36 heavy (non-hydrogen) atoms. The Morgan fingerprint density at radius 2 is 1.11 bits per heavy atom. The van der Waals surface area contributed by atoms with Gasteiger partial charge in [-0.2, -0.15) is 10.2 Å². The molecule has 0 bridgehead atoms. The third-order valence-electron chi connectivity index (χ3n) is 5.87. The van der Waals surface area contributed by atoms with Gasteiger partial charge in [-0.25, -0.2) is 28.8 Å². The van der Waals surface area contributed by atoms with Gasteiger partial charge in [-0.05, 0) is 36.4 Å². The molecule has 4 heterocycles. The summed E-state index contributed by atoms with van der Waals surface area (Å²) in [6.45, 7) is 0. The average Bonchev–Trinajstić information content (AvgIpc) is 3.40. The van der Waals surface area contributed by atoms with Crippen molar-refractivity contribution in [1.82, 2.24) is 20.0 Å². The Bertz CT molecular complexity index is 1520. The van der Waals surface area contributed by atoms with E-state index in [1.165, 1.54) is 0 Å². The summed E-state index contributed by atoms with van der Waals surface area (Å²) in [5, 5.41) is 8.13.